The average molecular weight is 527 g/mol. The van der Waals surface area contributed by atoms with E-state index < -0.39 is 35.7 Å². The Morgan fingerprint density at radius 1 is 1.13 bits per heavy atom. The van der Waals surface area contributed by atoms with Crippen molar-refractivity contribution in [3.8, 4) is 0 Å². The maximum atomic E-state index is 15.1. The van der Waals surface area contributed by atoms with Crippen LogP contribution in [-0.4, -0.2) is 58.5 Å². The summed E-state index contributed by atoms with van der Waals surface area (Å²) in [7, 11) is 1.50. The molecular formula is C27H31FN4O6. The van der Waals surface area contributed by atoms with E-state index in [1.54, 1.807) is 20.8 Å². The van der Waals surface area contributed by atoms with Crippen molar-refractivity contribution in [3.05, 3.63) is 71.7 Å². The molecule has 3 rings (SSSR count). The number of alkyl carbamates (subject to hydrolysis) is 1. The molecular weight excluding hydrogens is 495 g/mol. The molecule has 3 N–H and O–H groups in total. The predicted octanol–water partition coefficient (Wildman–Crippen LogP) is 5.17. The summed E-state index contributed by atoms with van der Waals surface area (Å²) >= 11 is 0. The molecule has 10 nitrogen and oxygen atoms in total. The quantitative estimate of drug-likeness (QED) is 0.369. The maximum absolute atomic E-state index is 15.1. The molecule has 0 aliphatic carbocycles. The van der Waals surface area contributed by atoms with Gasteiger partial charge in [0.2, 0.25) is 0 Å². The molecule has 38 heavy (non-hydrogen) atoms. The minimum absolute atomic E-state index is 0.0194. The number of pyridine rings is 1. The van der Waals surface area contributed by atoms with Gasteiger partial charge < -0.3 is 24.8 Å². The Morgan fingerprint density at radius 2 is 1.84 bits per heavy atom. The van der Waals surface area contributed by atoms with Crippen molar-refractivity contribution in [2.75, 3.05) is 18.9 Å². The summed E-state index contributed by atoms with van der Waals surface area (Å²) in [5.41, 5.74) is 0.256. The number of benzene rings is 2. The number of carbonyl (C=O) groups excluding carboxylic acids is 2. The lowest BCUT2D eigenvalue weighted by atomic mass is 9.98. The van der Waals surface area contributed by atoms with E-state index in [4.69, 9.17) is 14.6 Å². The van der Waals surface area contributed by atoms with Crippen LogP contribution in [0.3, 0.4) is 0 Å². The minimum Gasteiger partial charge on any atom is -0.465 e. The summed E-state index contributed by atoms with van der Waals surface area (Å²) in [5, 5.41) is 14.8. The molecule has 2 aromatic carbocycles. The van der Waals surface area contributed by atoms with Crippen LogP contribution in [0.15, 0.2) is 54.7 Å². The van der Waals surface area contributed by atoms with E-state index >= 15 is 4.39 Å². The topological polar surface area (TPSA) is 130 Å². The summed E-state index contributed by atoms with van der Waals surface area (Å²) in [6.45, 7) is 5.16. The zero-order chi connectivity index (χ0) is 27.9. The number of hydrogen-bond donors (Lipinski definition) is 3. The largest absolute Gasteiger partial charge is 0.465 e. The first kappa shape index (κ1) is 28.2. The van der Waals surface area contributed by atoms with Gasteiger partial charge >= 0.3 is 18.3 Å². The normalized spacial score (nSPS) is 11.9. The zero-order valence-electron chi connectivity index (χ0n) is 21.7. The fourth-order valence-corrected chi connectivity index (χ4v) is 3.68. The van der Waals surface area contributed by atoms with E-state index in [9.17, 15) is 14.4 Å². The van der Waals surface area contributed by atoms with Crippen molar-refractivity contribution >= 4 is 34.9 Å². The molecule has 0 saturated carbocycles. The third-order valence-electron chi connectivity index (χ3n) is 5.56. The number of fused-ring (bicyclic) bond motifs is 1. The summed E-state index contributed by atoms with van der Waals surface area (Å²) in [6.07, 6.45) is -1.26. The number of halogens is 1. The Bertz CT molecular complexity index is 1300. The third kappa shape index (κ3) is 8.05. The van der Waals surface area contributed by atoms with Crippen molar-refractivity contribution in [1.82, 2.24) is 15.2 Å². The SMILES string of the molecule is CN(C(=O)OC(C)(C)C)C(CNC(=O)OCc1ccccc1)Cc1c(F)ccc2cnc(NC(=O)O)cc12. The Hall–Kier alpha value is -4.41. The van der Waals surface area contributed by atoms with Gasteiger partial charge in [-0.15, -0.1) is 0 Å². The van der Waals surface area contributed by atoms with Crippen LogP contribution >= 0.6 is 0 Å². The second kappa shape index (κ2) is 12.2. The zero-order valence-corrected chi connectivity index (χ0v) is 21.7. The Morgan fingerprint density at radius 3 is 2.50 bits per heavy atom. The molecule has 0 bridgehead atoms. The van der Waals surface area contributed by atoms with Crippen LogP contribution in [0.5, 0.6) is 0 Å². The maximum Gasteiger partial charge on any atom is 0.410 e. The smallest absolute Gasteiger partial charge is 0.410 e. The lowest BCUT2D eigenvalue weighted by Gasteiger charge is -2.31. The van der Waals surface area contributed by atoms with Crippen molar-refractivity contribution in [3.63, 3.8) is 0 Å². The number of carboxylic acid groups (broad SMARTS) is 1. The van der Waals surface area contributed by atoms with Crippen LogP contribution < -0.4 is 10.6 Å². The number of aromatic nitrogens is 1. The van der Waals surface area contributed by atoms with E-state index in [-0.39, 0.29) is 31.0 Å². The fourth-order valence-electron chi connectivity index (χ4n) is 3.68. The Labute approximate surface area is 219 Å². The molecule has 0 radical (unpaired) electrons. The van der Waals surface area contributed by atoms with Gasteiger partial charge in [0.25, 0.3) is 0 Å². The monoisotopic (exact) mass is 526 g/mol. The highest BCUT2D eigenvalue weighted by atomic mass is 19.1. The van der Waals surface area contributed by atoms with Crippen molar-refractivity contribution in [1.29, 1.82) is 0 Å². The summed E-state index contributed by atoms with van der Waals surface area (Å²) < 4.78 is 25.9. The van der Waals surface area contributed by atoms with E-state index in [0.29, 0.717) is 10.8 Å². The van der Waals surface area contributed by atoms with Crippen LogP contribution in [0.2, 0.25) is 0 Å². The first-order chi connectivity index (χ1) is 17.9. The summed E-state index contributed by atoms with van der Waals surface area (Å²) in [6, 6.07) is 12.6. The minimum atomic E-state index is -1.31. The van der Waals surface area contributed by atoms with Gasteiger partial charge in [-0.05, 0) is 61.9 Å². The number of carbonyl (C=O) groups is 3. The van der Waals surface area contributed by atoms with Gasteiger partial charge in [0, 0.05) is 25.2 Å². The predicted molar refractivity (Wildman–Crippen MR) is 139 cm³/mol. The summed E-state index contributed by atoms with van der Waals surface area (Å²) in [4.78, 5) is 41.7. The van der Waals surface area contributed by atoms with E-state index in [0.717, 1.165) is 5.56 Å². The average Bonchev–Trinajstić information content (AvgIpc) is 2.85. The van der Waals surface area contributed by atoms with Crippen LogP contribution in [0.4, 0.5) is 24.6 Å². The van der Waals surface area contributed by atoms with Crippen LogP contribution in [-0.2, 0) is 22.5 Å². The molecule has 0 aliphatic heterocycles. The molecule has 1 atom stereocenters. The fraction of sp³-hybridized carbons (Fsp3) is 0.333. The molecule has 1 unspecified atom stereocenters. The molecule has 1 aromatic heterocycles. The molecule has 0 aliphatic rings. The first-order valence-corrected chi connectivity index (χ1v) is 11.9. The molecule has 3 amide bonds. The van der Waals surface area contributed by atoms with Crippen LogP contribution in [0, 0.1) is 5.82 Å². The Balaban J connectivity index is 1.85. The second-order valence-corrected chi connectivity index (χ2v) is 9.64. The highest BCUT2D eigenvalue weighted by molar-refractivity contribution is 5.90. The van der Waals surface area contributed by atoms with E-state index in [2.05, 4.69) is 15.6 Å². The Kier molecular flexibility index (Phi) is 9.06. The van der Waals surface area contributed by atoms with E-state index in [1.165, 1.54) is 36.3 Å². The van der Waals surface area contributed by atoms with E-state index in [1.807, 2.05) is 30.3 Å². The van der Waals surface area contributed by atoms with Gasteiger partial charge in [-0.1, -0.05) is 30.3 Å². The highest BCUT2D eigenvalue weighted by Gasteiger charge is 2.27. The molecule has 1 heterocycles. The number of rotatable bonds is 8. The van der Waals surface area contributed by atoms with Gasteiger partial charge in [0.1, 0.15) is 23.8 Å². The molecule has 0 saturated heterocycles. The van der Waals surface area contributed by atoms with Crippen LogP contribution in [0.25, 0.3) is 10.8 Å². The third-order valence-corrected chi connectivity index (χ3v) is 5.56. The number of amides is 3. The summed E-state index contributed by atoms with van der Waals surface area (Å²) in [5.74, 6) is -0.532. The molecule has 3 aromatic rings. The molecule has 0 spiro atoms. The number of anilines is 1. The number of likely N-dealkylation sites (N-methyl/N-ethyl adjacent to an activating group) is 1. The standard InChI is InChI=1S/C27H31FN4O6/c1-27(2,3)38-26(36)32(4)19(15-30-25(35)37-16-17-8-6-5-7-9-17)12-21-20-13-23(31-24(33)34)29-14-18(20)10-11-22(21)28/h5-11,13-14,19H,12,15-16H2,1-4H3,(H,29,31)(H,30,35)(H,33,34). The van der Waals surface area contributed by atoms with Gasteiger partial charge in [-0.3, -0.25) is 5.32 Å². The molecule has 0 fully saturated rings. The number of ether oxygens (including phenoxy) is 2. The number of nitrogens with one attached hydrogen (secondary N) is 2. The second-order valence-electron chi connectivity index (χ2n) is 9.64. The van der Waals surface area contributed by atoms with Crippen molar-refractivity contribution in [2.24, 2.45) is 0 Å². The first-order valence-electron chi connectivity index (χ1n) is 11.9. The van der Waals surface area contributed by atoms with Crippen molar-refractivity contribution in [2.45, 2.75) is 45.4 Å². The molecule has 202 valence electrons. The van der Waals surface area contributed by atoms with Gasteiger partial charge in [-0.25, -0.2) is 23.8 Å². The van der Waals surface area contributed by atoms with Crippen LogP contribution in [0.1, 0.15) is 31.9 Å². The van der Waals surface area contributed by atoms with Crippen molar-refractivity contribution < 1.29 is 33.4 Å². The molecule has 11 heteroatoms. The lowest BCUT2D eigenvalue weighted by molar-refractivity contribution is 0.0219. The number of hydrogen-bond acceptors (Lipinski definition) is 6. The lowest BCUT2D eigenvalue weighted by Crippen LogP contribution is -2.47. The van der Waals surface area contributed by atoms with Gasteiger partial charge in [-0.2, -0.15) is 0 Å². The number of nitrogens with zero attached hydrogens (tertiary/aromatic N) is 2. The van der Waals surface area contributed by atoms with Gasteiger partial charge in [0.05, 0.1) is 6.04 Å². The highest BCUT2D eigenvalue weighted by Crippen LogP contribution is 2.26. The van der Waals surface area contributed by atoms with Gasteiger partial charge in [0.15, 0.2) is 0 Å².